The fourth-order valence-corrected chi connectivity index (χ4v) is 1.67. The lowest BCUT2D eigenvalue weighted by Gasteiger charge is -2.18. The van der Waals surface area contributed by atoms with Crippen LogP contribution in [0.1, 0.15) is 40.5 Å². The molecule has 0 radical (unpaired) electrons. The summed E-state index contributed by atoms with van der Waals surface area (Å²) >= 11 is 0. The molecule has 0 saturated heterocycles. The summed E-state index contributed by atoms with van der Waals surface area (Å²) < 4.78 is 5.69. The molecule has 0 aliphatic rings. The standard InChI is InChI=1S/C16H26N2O2.ClH/c1-5-11(3)15(17)16(19)18-13-7-9-14(10-8-13)20-12(4)6-2;/h7-12,15H,5-6,17H2,1-4H3,(H,18,19);1H. The number of anilines is 1. The molecule has 0 spiro atoms. The minimum atomic E-state index is -0.476. The number of carbonyl (C=O) groups excluding carboxylic acids is 1. The van der Waals surface area contributed by atoms with Crippen molar-refractivity contribution in [2.45, 2.75) is 52.7 Å². The van der Waals surface area contributed by atoms with Crippen molar-refractivity contribution in [2.24, 2.45) is 11.7 Å². The van der Waals surface area contributed by atoms with Crippen LogP contribution in [0.3, 0.4) is 0 Å². The molecule has 1 aromatic rings. The number of ether oxygens (including phenoxy) is 1. The molecule has 120 valence electrons. The van der Waals surface area contributed by atoms with E-state index >= 15 is 0 Å². The van der Waals surface area contributed by atoms with Gasteiger partial charge in [-0.2, -0.15) is 0 Å². The highest BCUT2D eigenvalue weighted by Gasteiger charge is 2.19. The van der Waals surface area contributed by atoms with Crippen molar-refractivity contribution < 1.29 is 9.53 Å². The Balaban J connectivity index is 0.00000400. The highest BCUT2D eigenvalue weighted by molar-refractivity contribution is 5.94. The van der Waals surface area contributed by atoms with Gasteiger partial charge >= 0.3 is 0 Å². The Morgan fingerprint density at radius 3 is 2.24 bits per heavy atom. The fraction of sp³-hybridized carbons (Fsp3) is 0.562. The van der Waals surface area contributed by atoms with Crippen LogP contribution in [0.15, 0.2) is 24.3 Å². The van der Waals surface area contributed by atoms with Gasteiger partial charge in [0.05, 0.1) is 12.1 Å². The lowest BCUT2D eigenvalue weighted by atomic mass is 9.99. The molecule has 4 nitrogen and oxygen atoms in total. The van der Waals surface area contributed by atoms with Gasteiger partial charge in [-0.05, 0) is 43.5 Å². The van der Waals surface area contributed by atoms with Gasteiger partial charge in [0.1, 0.15) is 5.75 Å². The van der Waals surface area contributed by atoms with E-state index in [1.54, 1.807) is 0 Å². The van der Waals surface area contributed by atoms with Gasteiger partial charge in [0.2, 0.25) is 5.91 Å². The second-order valence-corrected chi connectivity index (χ2v) is 5.26. The van der Waals surface area contributed by atoms with E-state index in [2.05, 4.69) is 12.2 Å². The van der Waals surface area contributed by atoms with Crippen LogP contribution in [0.5, 0.6) is 5.75 Å². The number of nitrogens with two attached hydrogens (primary N) is 1. The highest BCUT2D eigenvalue weighted by atomic mass is 35.5. The minimum Gasteiger partial charge on any atom is -0.491 e. The van der Waals surface area contributed by atoms with Crippen LogP contribution in [0.4, 0.5) is 5.69 Å². The third kappa shape index (κ3) is 6.36. The first-order valence-electron chi connectivity index (χ1n) is 7.31. The smallest absolute Gasteiger partial charge is 0.241 e. The molecular weight excluding hydrogens is 288 g/mol. The number of rotatable bonds is 7. The van der Waals surface area contributed by atoms with Crippen LogP contribution in [0.2, 0.25) is 0 Å². The van der Waals surface area contributed by atoms with Crippen LogP contribution in [0, 0.1) is 5.92 Å². The zero-order valence-corrected chi connectivity index (χ0v) is 14.1. The maximum Gasteiger partial charge on any atom is 0.241 e. The molecule has 0 fully saturated rings. The van der Waals surface area contributed by atoms with Crippen molar-refractivity contribution in [1.29, 1.82) is 0 Å². The molecule has 0 heterocycles. The molecule has 0 aliphatic heterocycles. The molecule has 21 heavy (non-hydrogen) atoms. The van der Waals surface area contributed by atoms with Crippen molar-refractivity contribution in [1.82, 2.24) is 0 Å². The molecule has 0 bridgehead atoms. The fourth-order valence-electron chi connectivity index (χ4n) is 1.67. The van der Waals surface area contributed by atoms with Crippen molar-refractivity contribution >= 4 is 24.0 Å². The SMILES string of the molecule is CCC(C)Oc1ccc(NC(=O)C(N)C(C)CC)cc1.Cl. The van der Waals surface area contributed by atoms with E-state index in [1.807, 2.05) is 45.0 Å². The number of benzene rings is 1. The van der Waals surface area contributed by atoms with Crippen LogP contribution in [0.25, 0.3) is 0 Å². The van der Waals surface area contributed by atoms with Gasteiger partial charge in [0.15, 0.2) is 0 Å². The van der Waals surface area contributed by atoms with Gasteiger partial charge in [0, 0.05) is 5.69 Å². The second-order valence-electron chi connectivity index (χ2n) is 5.26. The summed E-state index contributed by atoms with van der Waals surface area (Å²) in [6.07, 6.45) is 2.03. The largest absolute Gasteiger partial charge is 0.491 e. The van der Waals surface area contributed by atoms with E-state index in [0.717, 1.165) is 24.3 Å². The zero-order valence-electron chi connectivity index (χ0n) is 13.3. The average molecular weight is 315 g/mol. The number of amides is 1. The molecule has 0 saturated carbocycles. The Hall–Kier alpha value is -1.26. The van der Waals surface area contributed by atoms with Crippen molar-refractivity contribution in [3.63, 3.8) is 0 Å². The minimum absolute atomic E-state index is 0. The first kappa shape index (κ1) is 19.7. The topological polar surface area (TPSA) is 64.3 Å². The second kappa shape index (κ2) is 9.64. The van der Waals surface area contributed by atoms with Gasteiger partial charge in [-0.25, -0.2) is 0 Å². The number of hydrogen-bond acceptors (Lipinski definition) is 3. The maximum absolute atomic E-state index is 12.0. The number of carbonyl (C=O) groups is 1. The van der Waals surface area contributed by atoms with E-state index < -0.39 is 6.04 Å². The highest BCUT2D eigenvalue weighted by Crippen LogP contribution is 2.18. The molecule has 5 heteroatoms. The van der Waals surface area contributed by atoms with E-state index in [-0.39, 0.29) is 30.3 Å². The Morgan fingerprint density at radius 2 is 1.76 bits per heavy atom. The van der Waals surface area contributed by atoms with Crippen LogP contribution < -0.4 is 15.8 Å². The molecule has 3 atom stereocenters. The molecule has 1 aromatic carbocycles. The summed E-state index contributed by atoms with van der Waals surface area (Å²) in [5.74, 6) is 0.835. The molecule has 0 aromatic heterocycles. The van der Waals surface area contributed by atoms with Gasteiger partial charge in [-0.1, -0.05) is 27.2 Å². The lowest BCUT2D eigenvalue weighted by molar-refractivity contribution is -0.118. The number of hydrogen-bond donors (Lipinski definition) is 2. The van der Waals surface area contributed by atoms with Crippen LogP contribution >= 0.6 is 12.4 Å². The average Bonchev–Trinajstić information content (AvgIpc) is 2.47. The first-order chi connectivity index (χ1) is 9.47. The van der Waals surface area contributed by atoms with Gasteiger partial charge < -0.3 is 15.8 Å². The maximum atomic E-state index is 12.0. The molecule has 3 N–H and O–H groups in total. The van der Waals surface area contributed by atoms with E-state index in [9.17, 15) is 4.79 Å². The zero-order chi connectivity index (χ0) is 15.1. The van der Waals surface area contributed by atoms with Gasteiger partial charge in [0.25, 0.3) is 0 Å². The molecule has 1 rings (SSSR count). The normalized spacial score (nSPS) is 14.5. The Morgan fingerprint density at radius 1 is 1.19 bits per heavy atom. The monoisotopic (exact) mass is 314 g/mol. The van der Waals surface area contributed by atoms with Crippen LogP contribution in [-0.2, 0) is 4.79 Å². The van der Waals surface area contributed by atoms with Crippen molar-refractivity contribution in [3.05, 3.63) is 24.3 Å². The Kier molecular flexibility index (Phi) is 9.06. The molecule has 3 unspecified atom stereocenters. The summed E-state index contributed by atoms with van der Waals surface area (Å²) in [6, 6.07) is 6.90. The first-order valence-corrected chi connectivity index (χ1v) is 7.31. The number of nitrogens with one attached hydrogen (secondary N) is 1. The molecule has 0 aliphatic carbocycles. The van der Waals surface area contributed by atoms with Crippen LogP contribution in [-0.4, -0.2) is 18.1 Å². The predicted molar refractivity (Wildman–Crippen MR) is 90.1 cm³/mol. The summed E-state index contributed by atoms with van der Waals surface area (Å²) in [5.41, 5.74) is 6.64. The Labute approximate surface area is 133 Å². The van der Waals surface area contributed by atoms with E-state index in [0.29, 0.717) is 0 Å². The lowest BCUT2D eigenvalue weighted by Crippen LogP contribution is -2.40. The predicted octanol–water partition coefficient (Wildman–Crippen LogP) is 3.60. The van der Waals surface area contributed by atoms with E-state index in [4.69, 9.17) is 10.5 Å². The van der Waals surface area contributed by atoms with Gasteiger partial charge in [-0.15, -0.1) is 12.4 Å². The summed E-state index contributed by atoms with van der Waals surface area (Å²) in [7, 11) is 0. The van der Waals surface area contributed by atoms with E-state index in [1.165, 1.54) is 0 Å². The van der Waals surface area contributed by atoms with Crippen molar-refractivity contribution in [3.8, 4) is 5.75 Å². The summed E-state index contributed by atoms with van der Waals surface area (Å²) in [4.78, 5) is 12.0. The third-order valence-corrected chi connectivity index (χ3v) is 3.59. The quantitative estimate of drug-likeness (QED) is 0.808. The van der Waals surface area contributed by atoms with Crippen molar-refractivity contribution in [2.75, 3.05) is 5.32 Å². The summed E-state index contributed by atoms with van der Waals surface area (Å²) in [6.45, 7) is 8.11. The third-order valence-electron chi connectivity index (χ3n) is 3.59. The van der Waals surface area contributed by atoms with Gasteiger partial charge in [-0.3, -0.25) is 4.79 Å². The molecular formula is C16H27ClN2O2. The molecule has 1 amide bonds. The Bertz CT molecular complexity index is 423. The summed E-state index contributed by atoms with van der Waals surface area (Å²) in [5, 5.41) is 2.83. The number of halogens is 1.